The number of aliphatic carboxylic acids is 1. The summed E-state index contributed by atoms with van der Waals surface area (Å²) >= 11 is 0. The predicted octanol–water partition coefficient (Wildman–Crippen LogP) is 1.46. The molecule has 1 unspecified atom stereocenters. The zero-order valence-electron chi connectivity index (χ0n) is 15.3. The minimum atomic E-state index is -3.71. The van der Waals surface area contributed by atoms with Gasteiger partial charge in [0, 0.05) is 26.6 Å². The number of carbonyl (C=O) groups excluding carboxylic acids is 1. The molecule has 1 amide bonds. The van der Waals surface area contributed by atoms with Crippen LogP contribution in [0, 0.1) is 26.7 Å². The number of hydrogen-bond donors (Lipinski definition) is 2. The van der Waals surface area contributed by atoms with Crippen molar-refractivity contribution in [3.8, 4) is 0 Å². The molecule has 0 aliphatic rings. The Bertz CT molecular complexity index is 735. The van der Waals surface area contributed by atoms with Crippen LogP contribution in [0.5, 0.6) is 0 Å². The maximum absolute atomic E-state index is 12.5. The van der Waals surface area contributed by atoms with Gasteiger partial charge in [0.15, 0.2) is 0 Å². The van der Waals surface area contributed by atoms with Crippen LogP contribution in [0.25, 0.3) is 0 Å². The lowest BCUT2D eigenvalue weighted by atomic mass is 10.1. The van der Waals surface area contributed by atoms with E-state index >= 15 is 0 Å². The van der Waals surface area contributed by atoms with Crippen molar-refractivity contribution in [3.63, 3.8) is 0 Å². The summed E-state index contributed by atoms with van der Waals surface area (Å²) in [6.45, 7) is 6.92. The highest BCUT2D eigenvalue weighted by Gasteiger charge is 2.21. The van der Waals surface area contributed by atoms with Gasteiger partial charge in [-0.15, -0.1) is 0 Å². The van der Waals surface area contributed by atoms with Crippen molar-refractivity contribution in [2.24, 2.45) is 5.92 Å². The lowest BCUT2D eigenvalue weighted by Crippen LogP contribution is -2.36. The van der Waals surface area contributed by atoms with E-state index in [4.69, 9.17) is 5.11 Å². The molecule has 0 saturated heterocycles. The van der Waals surface area contributed by atoms with Gasteiger partial charge in [-0.25, -0.2) is 13.1 Å². The Kier molecular flexibility index (Phi) is 7.13. The number of carboxylic acid groups (broad SMARTS) is 1. The summed E-state index contributed by atoms with van der Waals surface area (Å²) < 4.78 is 27.4. The molecule has 0 radical (unpaired) electrons. The first kappa shape index (κ1) is 21.1. The summed E-state index contributed by atoms with van der Waals surface area (Å²) in [6, 6.07) is 3.60. The van der Waals surface area contributed by atoms with Gasteiger partial charge in [0.25, 0.3) is 0 Å². The number of amides is 1. The van der Waals surface area contributed by atoms with Gasteiger partial charge in [0.05, 0.1) is 10.8 Å². The Morgan fingerprint density at radius 2 is 1.72 bits per heavy atom. The highest BCUT2D eigenvalue weighted by Crippen LogP contribution is 2.21. The van der Waals surface area contributed by atoms with Gasteiger partial charge in [0.1, 0.15) is 0 Å². The van der Waals surface area contributed by atoms with Crippen LogP contribution in [0.3, 0.4) is 0 Å². The van der Waals surface area contributed by atoms with E-state index in [1.165, 1.54) is 18.9 Å². The van der Waals surface area contributed by atoms with Gasteiger partial charge in [0.2, 0.25) is 15.9 Å². The molecular formula is C17H26N2O5S. The molecule has 1 rings (SSSR count). The molecule has 1 aromatic carbocycles. The first-order valence-electron chi connectivity index (χ1n) is 8.00. The second-order valence-electron chi connectivity index (χ2n) is 6.39. The highest BCUT2D eigenvalue weighted by atomic mass is 32.2. The fourth-order valence-corrected chi connectivity index (χ4v) is 4.22. The summed E-state index contributed by atoms with van der Waals surface area (Å²) in [5, 5.41) is 8.86. The lowest BCUT2D eigenvalue weighted by molar-refractivity contribution is -0.142. The van der Waals surface area contributed by atoms with Crippen LogP contribution < -0.4 is 4.72 Å². The molecular weight excluding hydrogens is 344 g/mol. The van der Waals surface area contributed by atoms with Gasteiger partial charge in [-0.2, -0.15) is 0 Å². The monoisotopic (exact) mass is 370 g/mol. The normalized spacial score (nSPS) is 12.7. The molecule has 140 valence electrons. The van der Waals surface area contributed by atoms with E-state index in [1.54, 1.807) is 26.0 Å². The second-order valence-corrected chi connectivity index (χ2v) is 8.09. The Balaban J connectivity index is 2.69. The van der Waals surface area contributed by atoms with Crippen molar-refractivity contribution in [1.82, 2.24) is 9.62 Å². The molecule has 0 bridgehead atoms. The fourth-order valence-electron chi connectivity index (χ4n) is 2.74. The van der Waals surface area contributed by atoms with Crippen molar-refractivity contribution in [1.29, 1.82) is 0 Å². The first-order chi connectivity index (χ1) is 11.5. The number of aryl methyl sites for hydroxylation is 3. The maximum atomic E-state index is 12.5. The first-order valence-corrected chi connectivity index (χ1v) is 9.48. The molecule has 0 aliphatic carbocycles. The van der Waals surface area contributed by atoms with Crippen molar-refractivity contribution in [2.45, 2.75) is 39.0 Å². The average Bonchev–Trinajstić information content (AvgIpc) is 2.44. The van der Waals surface area contributed by atoms with Crippen molar-refractivity contribution >= 4 is 21.9 Å². The van der Waals surface area contributed by atoms with Crippen LogP contribution in [0.4, 0.5) is 0 Å². The molecule has 0 spiro atoms. The van der Waals surface area contributed by atoms with Crippen LogP contribution in [0.2, 0.25) is 0 Å². The van der Waals surface area contributed by atoms with Crippen LogP contribution in [0.15, 0.2) is 17.0 Å². The Morgan fingerprint density at radius 1 is 1.20 bits per heavy atom. The van der Waals surface area contributed by atoms with Gasteiger partial charge < -0.3 is 10.0 Å². The van der Waals surface area contributed by atoms with E-state index in [1.807, 2.05) is 6.92 Å². The number of rotatable bonds is 8. The molecule has 0 aromatic heterocycles. The topological polar surface area (TPSA) is 104 Å². The van der Waals surface area contributed by atoms with E-state index in [0.29, 0.717) is 11.1 Å². The molecule has 2 N–H and O–H groups in total. The summed E-state index contributed by atoms with van der Waals surface area (Å²) in [5.41, 5.74) is 2.30. The number of benzene rings is 1. The number of nitrogens with one attached hydrogen (secondary N) is 1. The van der Waals surface area contributed by atoms with Gasteiger partial charge in [-0.3, -0.25) is 9.59 Å². The number of hydrogen-bond acceptors (Lipinski definition) is 4. The smallest absolute Gasteiger partial charge is 0.308 e. The number of nitrogens with zero attached hydrogens (tertiary/aromatic N) is 1. The lowest BCUT2D eigenvalue weighted by Gasteiger charge is -2.19. The minimum absolute atomic E-state index is 0.0357. The Labute approximate surface area is 149 Å². The van der Waals surface area contributed by atoms with Crippen LogP contribution in [0.1, 0.15) is 30.0 Å². The largest absolute Gasteiger partial charge is 0.481 e. The number of carboxylic acids is 1. The van der Waals surface area contributed by atoms with Crippen molar-refractivity contribution in [2.75, 3.05) is 20.1 Å². The third-order valence-electron chi connectivity index (χ3n) is 3.90. The third kappa shape index (κ3) is 5.82. The average molecular weight is 370 g/mol. The van der Waals surface area contributed by atoms with Crippen LogP contribution in [-0.2, 0) is 19.6 Å². The molecule has 0 saturated carbocycles. The highest BCUT2D eigenvalue weighted by molar-refractivity contribution is 7.89. The summed E-state index contributed by atoms with van der Waals surface area (Å²) in [6.07, 6.45) is -0.0357. The number of sulfonamides is 1. The standard InChI is InChI=1S/C17H26N2O5S/c1-11-8-12(2)16(13(3)9-11)25(23,24)18-7-6-15(20)19(5)10-14(4)17(21)22/h8-9,14,18H,6-7,10H2,1-5H3,(H,21,22). The quantitative estimate of drug-likeness (QED) is 0.721. The summed E-state index contributed by atoms with van der Waals surface area (Å²) in [5.74, 6) is -1.97. The second kappa shape index (κ2) is 8.44. The fraction of sp³-hybridized carbons (Fsp3) is 0.529. The molecule has 8 heteroatoms. The van der Waals surface area contributed by atoms with E-state index in [0.717, 1.165) is 5.56 Å². The molecule has 1 aromatic rings. The van der Waals surface area contributed by atoms with Crippen molar-refractivity contribution < 1.29 is 23.1 Å². The van der Waals surface area contributed by atoms with Gasteiger partial charge in [-0.1, -0.05) is 24.6 Å². The number of carbonyl (C=O) groups is 2. The zero-order chi connectivity index (χ0) is 19.4. The zero-order valence-corrected chi connectivity index (χ0v) is 16.1. The van der Waals surface area contributed by atoms with Crippen LogP contribution >= 0.6 is 0 Å². The van der Waals surface area contributed by atoms with Crippen molar-refractivity contribution in [3.05, 3.63) is 28.8 Å². The molecule has 0 heterocycles. The summed E-state index contributed by atoms with van der Waals surface area (Å²) in [7, 11) is -2.21. The molecule has 0 fully saturated rings. The summed E-state index contributed by atoms with van der Waals surface area (Å²) in [4.78, 5) is 24.4. The SMILES string of the molecule is Cc1cc(C)c(S(=O)(=O)NCCC(=O)N(C)CC(C)C(=O)O)c(C)c1. The van der Waals surface area contributed by atoms with Gasteiger partial charge >= 0.3 is 5.97 Å². The third-order valence-corrected chi connectivity index (χ3v) is 5.66. The minimum Gasteiger partial charge on any atom is -0.481 e. The maximum Gasteiger partial charge on any atom is 0.308 e. The van der Waals surface area contributed by atoms with E-state index in [2.05, 4.69) is 4.72 Å². The Morgan fingerprint density at radius 3 is 2.20 bits per heavy atom. The van der Waals surface area contributed by atoms with Crippen LogP contribution in [-0.4, -0.2) is 50.4 Å². The predicted molar refractivity (Wildman–Crippen MR) is 94.9 cm³/mol. The van der Waals surface area contributed by atoms with Gasteiger partial charge in [-0.05, 0) is 31.9 Å². The molecule has 1 atom stereocenters. The molecule has 7 nitrogen and oxygen atoms in total. The van der Waals surface area contributed by atoms with E-state index in [-0.39, 0.29) is 30.3 Å². The Hall–Kier alpha value is -1.93. The van der Waals surface area contributed by atoms with E-state index < -0.39 is 21.9 Å². The molecule has 25 heavy (non-hydrogen) atoms. The molecule has 0 aliphatic heterocycles. The van der Waals surface area contributed by atoms with E-state index in [9.17, 15) is 18.0 Å².